The SMILES string of the molecule is CCN(CC)CC.CCOC(=O)C(C(=O)OCC)=C(C)NC(N)=O.CCOC(=O)CC(=O)OCC.CCOC(=O)c1c(C)[nH]c(=O)[nH]c1=O.CCOC(C)(OCC)OCC.C[O-].Cc1[nH]c(=O)[nH]c(=O)c1C(=O)O.Cc1nc(Cl)nc(Cl)c1C(=O)O.Cc1nc(Cl)nc(Cl)c1C(N)=O.Cl.N.NC(N)=O.O=S(Cl)Cl.O=[P+](Cl)Cl.[Na+]. The van der Waals surface area contributed by atoms with Gasteiger partial charge < -0.3 is 102 Å². The minimum Gasteiger partial charge on any atom is -0.857 e. The molecule has 0 atom stereocenters. The second-order valence-corrected chi connectivity index (χ2v) is 25.0. The van der Waals surface area contributed by atoms with Gasteiger partial charge in [-0.3, -0.25) is 33.9 Å². The van der Waals surface area contributed by atoms with E-state index in [2.05, 4.69) is 140 Å². The average molecular weight is 1850 g/mol. The number of carbonyl (C=O) groups is 10. The van der Waals surface area contributed by atoms with Crippen molar-refractivity contribution in [2.24, 2.45) is 22.9 Å². The van der Waals surface area contributed by atoms with Crippen LogP contribution in [0.25, 0.3) is 0 Å². The quantitative estimate of drug-likeness (QED) is 0.00426. The van der Waals surface area contributed by atoms with Gasteiger partial charge in [0.2, 0.25) is 42.3 Å². The van der Waals surface area contributed by atoms with Crippen molar-refractivity contribution in [3.63, 3.8) is 0 Å². The smallest absolute Gasteiger partial charge is 0.857 e. The molecule has 0 fully saturated rings. The maximum Gasteiger partial charge on any atom is 1.00 e. The molecule has 0 unspecified atom stereocenters. The van der Waals surface area contributed by atoms with E-state index in [0.717, 1.165) is 7.11 Å². The number of allylic oxidation sites excluding steroid dienone is 1. The number of amides is 5. The second-order valence-electron chi connectivity index (χ2n) is 18.3. The normalized spacial score (nSPS) is 9.21. The van der Waals surface area contributed by atoms with Crippen LogP contribution in [0, 0.1) is 27.7 Å². The Kier molecular flexibility index (Phi) is 89.2. The first kappa shape index (κ1) is 130. The van der Waals surface area contributed by atoms with Gasteiger partial charge in [0.1, 0.15) is 33.4 Å². The number of rotatable bonds is 23. The molecule has 0 spiro atoms. The molecular weight excluding hydrogens is 1760 g/mol. The number of halogens is 9. The van der Waals surface area contributed by atoms with Crippen LogP contribution in [0.2, 0.25) is 20.9 Å². The van der Waals surface area contributed by atoms with Gasteiger partial charge in [-0.1, -0.05) is 44.0 Å². The van der Waals surface area contributed by atoms with Crippen molar-refractivity contribution in [2.75, 3.05) is 79.6 Å². The Labute approximate surface area is 719 Å². The van der Waals surface area contributed by atoms with Gasteiger partial charge in [-0.2, -0.15) is 7.11 Å². The number of H-pyrrole nitrogens is 4. The largest absolute Gasteiger partial charge is 1.00 e. The van der Waals surface area contributed by atoms with E-state index in [1.165, 1.54) is 47.3 Å². The Morgan fingerprint density at radius 2 is 0.841 bits per heavy atom. The predicted octanol–water partition coefficient (Wildman–Crippen LogP) is 4.03. The molecule has 0 aromatic carbocycles. The van der Waals surface area contributed by atoms with Gasteiger partial charge in [-0.05, 0) is 137 Å². The van der Waals surface area contributed by atoms with Crippen LogP contribution in [0.1, 0.15) is 161 Å². The number of aromatic amines is 4. The van der Waals surface area contributed by atoms with Crippen molar-refractivity contribution < 1.29 is 139 Å². The van der Waals surface area contributed by atoms with Crippen LogP contribution in [-0.2, 0) is 70.9 Å². The molecule has 18 N–H and O–H groups in total. The number of primary amides is 4. The second kappa shape index (κ2) is 77.7. The van der Waals surface area contributed by atoms with Crippen LogP contribution in [0.5, 0.6) is 0 Å². The van der Waals surface area contributed by atoms with E-state index < -0.39 is 110 Å². The summed E-state index contributed by atoms with van der Waals surface area (Å²) in [5, 5.41) is 27.3. The number of nitrogens with one attached hydrogen (secondary N) is 5. The van der Waals surface area contributed by atoms with Crippen LogP contribution in [-0.4, -0.2) is 205 Å². The van der Waals surface area contributed by atoms with Crippen LogP contribution in [0.3, 0.4) is 0 Å². The molecule has 0 aliphatic heterocycles. The predicted molar refractivity (Wildman–Crippen MR) is 421 cm³/mol. The Morgan fingerprint density at radius 1 is 0.549 bits per heavy atom. The summed E-state index contributed by atoms with van der Waals surface area (Å²) in [6.45, 7) is 33.9. The van der Waals surface area contributed by atoms with Crippen LogP contribution >= 0.6 is 109 Å². The molecule has 5 amide bonds. The first-order valence-electron chi connectivity index (χ1n) is 31.0. The van der Waals surface area contributed by atoms with Crippen LogP contribution in [0.4, 0.5) is 9.59 Å². The molecule has 42 nitrogen and oxygen atoms in total. The van der Waals surface area contributed by atoms with Crippen molar-refractivity contribution in [3.8, 4) is 0 Å². The minimum atomic E-state index is -1.93. The molecule has 644 valence electrons. The number of aromatic nitrogens is 8. The van der Waals surface area contributed by atoms with E-state index in [1.807, 2.05) is 30.7 Å². The fraction of sp³-hybridized carbons (Fsp3) is 0.525. The number of aromatic carboxylic acids is 2. The zero-order valence-corrected chi connectivity index (χ0v) is 75.7. The number of carboxylic acids is 2. The number of nitrogens with two attached hydrogens (primary N) is 4. The fourth-order valence-corrected chi connectivity index (χ4v) is 7.72. The van der Waals surface area contributed by atoms with Gasteiger partial charge >= 0.3 is 101 Å². The van der Waals surface area contributed by atoms with E-state index in [4.69, 9.17) is 101 Å². The van der Waals surface area contributed by atoms with Gasteiger partial charge in [-0.25, -0.2) is 67.3 Å². The molecule has 54 heteroatoms. The van der Waals surface area contributed by atoms with Crippen molar-refractivity contribution in [2.45, 2.75) is 130 Å². The Bertz CT molecular complexity index is 3620. The number of aryl methyl sites for hydroxylation is 4. The summed E-state index contributed by atoms with van der Waals surface area (Å²) in [7, 11) is 8.11. The third kappa shape index (κ3) is 70.3. The summed E-state index contributed by atoms with van der Waals surface area (Å²) in [5.74, 6) is -7.56. The summed E-state index contributed by atoms with van der Waals surface area (Å²) in [6, 6.07) is -1.71. The maximum absolute atomic E-state index is 11.5. The first-order valence-corrected chi connectivity index (χ1v) is 38.4. The van der Waals surface area contributed by atoms with Crippen molar-refractivity contribution >= 4 is 178 Å². The number of nitrogens with zero attached hydrogens (tertiary/aromatic N) is 5. The first-order chi connectivity index (χ1) is 51.0. The van der Waals surface area contributed by atoms with E-state index in [-0.39, 0.29) is 153 Å². The molecule has 4 heterocycles. The molecule has 4 aromatic rings. The third-order valence-corrected chi connectivity index (χ3v) is 11.4. The number of carboxylic acid groups (broad SMARTS) is 2. The number of ether oxygens (including phenoxy) is 8. The number of urea groups is 2. The zero-order chi connectivity index (χ0) is 87.9. The van der Waals surface area contributed by atoms with Gasteiger partial charge in [0.15, 0.2) is 5.57 Å². The minimum absolute atomic E-state index is 0. The monoisotopic (exact) mass is 1850 g/mol. The molecule has 0 bridgehead atoms. The number of carbonyl (C=O) groups excluding carboxylic acids is 8. The molecule has 0 saturated heterocycles. The Hall–Kier alpha value is -6.82. The molecule has 4 rings (SSSR count). The fourth-order valence-electron chi connectivity index (χ4n) is 6.61. The van der Waals surface area contributed by atoms with E-state index in [0.29, 0.717) is 25.5 Å². The van der Waals surface area contributed by atoms with E-state index in [9.17, 15) is 62.3 Å². The summed E-state index contributed by atoms with van der Waals surface area (Å²) in [6.07, 6.45) is -0.290. The van der Waals surface area contributed by atoms with Crippen LogP contribution in [0.15, 0.2) is 30.4 Å². The van der Waals surface area contributed by atoms with Gasteiger partial charge in [0.05, 0.1) is 50.0 Å². The Morgan fingerprint density at radius 3 is 1.07 bits per heavy atom. The number of hydrogen-bond acceptors (Lipinski definition) is 31. The Balaban J connectivity index is -0.000000114. The van der Waals surface area contributed by atoms with Crippen molar-refractivity contribution in [1.82, 2.24) is 56.2 Å². The van der Waals surface area contributed by atoms with Crippen LogP contribution < -0.4 is 91.6 Å². The molecule has 0 aliphatic carbocycles. The topological polar surface area (TPSA) is 680 Å². The molecular formula is C59H97Cl9N15NaO27PS+. The molecule has 0 saturated carbocycles. The number of esters is 5. The summed E-state index contributed by atoms with van der Waals surface area (Å²) >= 11 is 31.1. The molecule has 0 radical (unpaired) electrons. The van der Waals surface area contributed by atoms with Gasteiger partial charge in [0, 0.05) is 65.2 Å². The standard InChI is InChI=1S/C10H16N2O5.C8H10N2O4.C8H18O3.C7H12O4.C6H5Cl2N3O.C6H4Cl2N2O2.C6H6N2O4.C6H15N.CH4N2O.CH3O.Cl2OP.Cl2OS.ClH.H3N.Na/c1-4-16-8(13)7(9(14)17-5-2)6(3)12-10(11)15;1-3-14-7(12)5-4(2)9-8(13)10-6(5)11;1-5-9-8(4,10-6-2)11-7-3;1-3-10-6(8)5-7(9)11-4-2;1-2-3(5(9)12)4(7)11-6(8)10-2;1-2-3(5(11)12)4(7)10-6(8)9-2;1-2-3(5(10)11)4(9)8-6(12)7-2;1-4-7(5-2)6-3;2-1(3)4;1-2;2*1-4(2)3;;;/h4-5H2,1-3H3,(H3,11,12,15);3H2,1-2H3,(H2,9,10,11,13);5-7H2,1-4H3;3-5H2,1-2H3;1H3,(H2,9,12);1H3,(H,11,12);1H3,(H,10,11)(H2,7,8,9,12);4-6H2,1-3H3;(H4,2,3,4);1H3;;;1H;1H3;/q;;;;;;;;;-1;+1;;;;+1. The van der Waals surface area contributed by atoms with Crippen molar-refractivity contribution in [1.29, 1.82) is 0 Å². The molecule has 113 heavy (non-hydrogen) atoms. The van der Waals surface area contributed by atoms with E-state index >= 15 is 0 Å². The molecule has 4 aromatic heterocycles. The third-order valence-electron chi connectivity index (χ3n) is 10.6. The van der Waals surface area contributed by atoms with E-state index in [1.54, 1.807) is 48.5 Å². The number of hydrogen-bond donors (Lipinski definition) is 12. The molecule has 0 aliphatic rings. The van der Waals surface area contributed by atoms with Gasteiger partial charge in [0.25, 0.3) is 23.0 Å². The van der Waals surface area contributed by atoms with Crippen molar-refractivity contribution in [3.05, 3.63) is 119 Å². The summed E-state index contributed by atoms with van der Waals surface area (Å²) in [5.41, 5.74) is 15.4. The summed E-state index contributed by atoms with van der Waals surface area (Å²) in [4.78, 5) is 175. The maximum atomic E-state index is 11.5. The zero-order valence-electron chi connectivity index (χ0n) is 65.1. The average Bonchev–Trinajstić information content (AvgIpc) is 0.852. The van der Waals surface area contributed by atoms with Gasteiger partial charge in [-0.15, -0.1) is 12.4 Å². The summed E-state index contributed by atoms with van der Waals surface area (Å²) < 4.78 is 57.1.